The Kier molecular flexibility index (Phi) is 3.88. The summed E-state index contributed by atoms with van der Waals surface area (Å²) in [7, 11) is 0. The van der Waals surface area contributed by atoms with E-state index in [1.54, 1.807) is 0 Å². The quantitative estimate of drug-likeness (QED) is 0.419. The van der Waals surface area contributed by atoms with Gasteiger partial charge in [-0.1, -0.05) is 33.4 Å². The molecule has 5 nitrogen and oxygen atoms in total. The van der Waals surface area contributed by atoms with Crippen molar-refractivity contribution in [3.8, 4) is 0 Å². The maximum absolute atomic E-state index is 13.3. The van der Waals surface area contributed by atoms with E-state index in [1.165, 1.54) is 6.92 Å². The summed E-state index contributed by atoms with van der Waals surface area (Å²) in [5.41, 5.74) is -0.414. The van der Waals surface area contributed by atoms with Gasteiger partial charge < -0.3 is 14.9 Å². The number of ketones is 1. The molecule has 1 spiro atoms. The molecule has 4 rings (SSSR count). The topological polar surface area (TPSA) is 83.8 Å². The minimum atomic E-state index is -0.819. The zero-order valence-electron chi connectivity index (χ0n) is 16.6. The highest BCUT2D eigenvalue weighted by Gasteiger charge is 2.70. The summed E-state index contributed by atoms with van der Waals surface area (Å²) < 4.78 is 5.79. The molecule has 148 valence electrons. The van der Waals surface area contributed by atoms with E-state index in [4.69, 9.17) is 4.74 Å². The van der Waals surface area contributed by atoms with Gasteiger partial charge in [-0.05, 0) is 35.8 Å². The lowest BCUT2D eigenvalue weighted by molar-refractivity contribution is -0.190. The van der Waals surface area contributed by atoms with Crippen LogP contribution in [0, 0.1) is 28.1 Å². The van der Waals surface area contributed by atoms with Gasteiger partial charge in [-0.25, -0.2) is 0 Å². The summed E-state index contributed by atoms with van der Waals surface area (Å²) in [5.74, 6) is -0.825. The molecular formula is C22H30O5. The molecular weight excluding hydrogens is 344 g/mol. The van der Waals surface area contributed by atoms with Gasteiger partial charge in [-0.15, -0.1) is 0 Å². The van der Waals surface area contributed by atoms with Crippen molar-refractivity contribution in [1.82, 2.24) is 0 Å². The van der Waals surface area contributed by atoms with Crippen molar-refractivity contribution in [3.05, 3.63) is 23.8 Å². The molecule has 4 aliphatic rings. The van der Waals surface area contributed by atoms with Crippen LogP contribution in [0.4, 0.5) is 0 Å². The Labute approximate surface area is 160 Å². The van der Waals surface area contributed by atoms with Crippen LogP contribution in [-0.4, -0.2) is 40.3 Å². The molecule has 0 amide bonds. The Balaban J connectivity index is 1.95. The Morgan fingerprint density at radius 2 is 1.93 bits per heavy atom. The molecule has 0 aliphatic heterocycles. The fourth-order valence-corrected chi connectivity index (χ4v) is 7.06. The van der Waals surface area contributed by atoms with Crippen molar-refractivity contribution >= 4 is 11.8 Å². The minimum Gasteiger partial charge on any atom is -0.462 e. The number of carbonyl (C=O) groups excluding carboxylic acids is 2. The first-order chi connectivity index (χ1) is 12.4. The second kappa shape index (κ2) is 5.54. The van der Waals surface area contributed by atoms with Gasteiger partial charge >= 0.3 is 5.97 Å². The van der Waals surface area contributed by atoms with E-state index in [9.17, 15) is 19.8 Å². The van der Waals surface area contributed by atoms with Crippen LogP contribution in [0.3, 0.4) is 0 Å². The number of aliphatic hydroxyl groups is 2. The number of ether oxygens (including phenoxy) is 1. The van der Waals surface area contributed by atoms with Crippen molar-refractivity contribution in [2.75, 3.05) is 0 Å². The Morgan fingerprint density at radius 3 is 2.56 bits per heavy atom. The molecule has 0 aromatic carbocycles. The second-order valence-corrected chi connectivity index (χ2v) is 9.97. The average molecular weight is 374 g/mol. The highest BCUT2D eigenvalue weighted by Crippen LogP contribution is 2.69. The SMILES string of the molecule is C=C1C(=O)C23CC(OC(C)=O)C4C(C)(C)CCC(O)C4(C)C2=CC(O)C1C3. The molecule has 2 N–H and O–H groups in total. The smallest absolute Gasteiger partial charge is 0.302 e. The van der Waals surface area contributed by atoms with Gasteiger partial charge in [0.2, 0.25) is 0 Å². The van der Waals surface area contributed by atoms with E-state index < -0.39 is 29.1 Å². The number of hydrogen-bond donors (Lipinski definition) is 2. The summed E-state index contributed by atoms with van der Waals surface area (Å²) >= 11 is 0. The normalized spacial score (nSPS) is 47.8. The molecule has 0 aromatic heterocycles. The molecule has 7 unspecified atom stereocenters. The molecule has 0 radical (unpaired) electrons. The lowest BCUT2D eigenvalue weighted by atomic mass is 9.42. The number of hydrogen-bond acceptors (Lipinski definition) is 5. The van der Waals surface area contributed by atoms with E-state index >= 15 is 0 Å². The van der Waals surface area contributed by atoms with Gasteiger partial charge in [-0.2, -0.15) is 0 Å². The molecule has 7 atom stereocenters. The lowest BCUT2D eigenvalue weighted by Crippen LogP contribution is -2.64. The zero-order chi connectivity index (χ0) is 19.9. The summed E-state index contributed by atoms with van der Waals surface area (Å²) in [5, 5.41) is 21.8. The summed E-state index contributed by atoms with van der Waals surface area (Å²) in [4.78, 5) is 25.2. The largest absolute Gasteiger partial charge is 0.462 e. The number of fused-ring (bicyclic) bond motifs is 3. The Morgan fingerprint density at radius 1 is 1.26 bits per heavy atom. The maximum Gasteiger partial charge on any atom is 0.302 e. The van der Waals surface area contributed by atoms with Crippen molar-refractivity contribution in [3.63, 3.8) is 0 Å². The molecule has 3 fully saturated rings. The number of carbonyl (C=O) groups is 2. The first kappa shape index (κ1) is 18.9. The van der Waals surface area contributed by atoms with Gasteiger partial charge in [0, 0.05) is 30.6 Å². The molecule has 4 aliphatic carbocycles. The lowest BCUT2D eigenvalue weighted by Gasteiger charge is -2.63. The standard InChI is InChI=1S/C22H30O5/c1-11-13-9-22(19(11)26)10-15(27-12(2)23)18-20(3,4)7-6-17(25)21(18,5)16(22)8-14(13)24/h8,13-15,17-18,24-25H,1,6-7,9-10H2,2-5H3. The molecule has 27 heavy (non-hydrogen) atoms. The fraction of sp³-hybridized carbons (Fsp3) is 0.727. The minimum absolute atomic E-state index is 0.0530. The van der Waals surface area contributed by atoms with Gasteiger partial charge in [-0.3, -0.25) is 9.59 Å². The van der Waals surface area contributed by atoms with Crippen molar-refractivity contribution in [1.29, 1.82) is 0 Å². The third kappa shape index (κ3) is 2.24. The van der Waals surface area contributed by atoms with Crippen molar-refractivity contribution in [2.45, 2.75) is 71.7 Å². The van der Waals surface area contributed by atoms with E-state index in [2.05, 4.69) is 20.4 Å². The van der Waals surface area contributed by atoms with Crippen LogP contribution < -0.4 is 0 Å². The summed E-state index contributed by atoms with van der Waals surface area (Å²) in [6.07, 6.45) is 2.30. The monoisotopic (exact) mass is 374 g/mol. The number of esters is 1. The predicted molar refractivity (Wildman–Crippen MR) is 99.6 cm³/mol. The van der Waals surface area contributed by atoms with Crippen LogP contribution in [0.1, 0.15) is 53.4 Å². The van der Waals surface area contributed by atoms with E-state index in [0.29, 0.717) is 24.8 Å². The van der Waals surface area contributed by atoms with Crippen LogP contribution in [0.5, 0.6) is 0 Å². The summed E-state index contributed by atoms with van der Waals surface area (Å²) in [6, 6.07) is 0. The van der Waals surface area contributed by atoms with Crippen molar-refractivity contribution < 1.29 is 24.5 Å². The van der Waals surface area contributed by atoms with Crippen molar-refractivity contribution in [2.24, 2.45) is 28.1 Å². The van der Waals surface area contributed by atoms with E-state index in [1.807, 2.05) is 13.0 Å². The maximum atomic E-state index is 13.3. The molecule has 5 heteroatoms. The van der Waals surface area contributed by atoms with Crippen LogP contribution in [0.15, 0.2) is 23.8 Å². The average Bonchev–Trinajstić information content (AvgIpc) is 2.76. The first-order valence-electron chi connectivity index (χ1n) is 9.95. The highest BCUT2D eigenvalue weighted by atomic mass is 16.5. The van der Waals surface area contributed by atoms with Gasteiger partial charge in [0.1, 0.15) is 6.10 Å². The molecule has 2 bridgehead atoms. The number of aliphatic hydroxyl groups excluding tert-OH is 2. The second-order valence-electron chi connectivity index (χ2n) is 9.97. The fourth-order valence-electron chi connectivity index (χ4n) is 7.06. The van der Waals surface area contributed by atoms with Crippen LogP contribution in [0.25, 0.3) is 0 Å². The third-order valence-electron chi connectivity index (χ3n) is 8.07. The highest BCUT2D eigenvalue weighted by molar-refractivity contribution is 6.05. The van der Waals surface area contributed by atoms with Gasteiger partial charge in [0.15, 0.2) is 5.78 Å². The molecule has 0 heterocycles. The Hall–Kier alpha value is -1.46. The van der Waals surface area contributed by atoms with Gasteiger partial charge in [0.05, 0.1) is 17.6 Å². The van der Waals surface area contributed by atoms with Crippen LogP contribution >= 0.6 is 0 Å². The van der Waals surface area contributed by atoms with E-state index in [-0.39, 0.29) is 29.0 Å². The number of rotatable bonds is 1. The van der Waals surface area contributed by atoms with Crippen LogP contribution in [-0.2, 0) is 14.3 Å². The Bertz CT molecular complexity index is 765. The van der Waals surface area contributed by atoms with E-state index in [0.717, 1.165) is 12.0 Å². The molecule has 0 aromatic rings. The van der Waals surface area contributed by atoms with Gasteiger partial charge in [0.25, 0.3) is 0 Å². The first-order valence-corrected chi connectivity index (χ1v) is 9.95. The zero-order valence-corrected chi connectivity index (χ0v) is 16.6. The predicted octanol–water partition coefficient (Wildman–Crippen LogP) is 2.56. The molecule has 3 saturated carbocycles. The summed E-state index contributed by atoms with van der Waals surface area (Å²) in [6.45, 7) is 11.6. The molecule has 0 saturated heterocycles. The third-order valence-corrected chi connectivity index (χ3v) is 8.07. The van der Waals surface area contributed by atoms with Crippen LogP contribution in [0.2, 0.25) is 0 Å². The number of Topliss-reactive ketones (excluding diaryl/α,β-unsaturated/α-hetero) is 1.